The molecule has 0 saturated heterocycles. The topological polar surface area (TPSA) is 29.1 Å². The van der Waals surface area contributed by atoms with Gasteiger partial charge in [-0.1, -0.05) is 53.2 Å². The van der Waals surface area contributed by atoms with Crippen LogP contribution in [-0.4, -0.2) is 12.5 Å². The van der Waals surface area contributed by atoms with E-state index in [1.165, 1.54) is 18.2 Å². The van der Waals surface area contributed by atoms with Crippen LogP contribution in [-0.2, 0) is 0 Å². The number of carbonyl (C=O) groups is 1. The molecule has 0 atom stereocenters. The second-order valence-corrected chi connectivity index (χ2v) is 4.88. The molecule has 21 heavy (non-hydrogen) atoms. The fraction of sp³-hybridized carbons (Fsp3) is 0.0625. The highest BCUT2D eigenvalue weighted by Gasteiger charge is 2.14. The third-order valence-corrected chi connectivity index (χ3v) is 3.27. The monoisotopic (exact) mass is 321 g/mol. The third-order valence-electron chi connectivity index (χ3n) is 2.62. The van der Waals surface area contributed by atoms with Crippen LogP contribution in [0.1, 0.15) is 15.9 Å². The van der Waals surface area contributed by atoms with Crippen molar-refractivity contribution in [2.45, 2.75) is 0 Å². The van der Waals surface area contributed by atoms with E-state index < -0.39 is 11.7 Å². The molecule has 1 amide bonds. The van der Waals surface area contributed by atoms with Gasteiger partial charge in [0, 0.05) is 5.56 Å². The Morgan fingerprint density at radius 2 is 1.81 bits per heavy atom. The summed E-state index contributed by atoms with van der Waals surface area (Å²) in [7, 11) is 0. The lowest BCUT2D eigenvalue weighted by Gasteiger charge is -2.04. The van der Waals surface area contributed by atoms with Gasteiger partial charge < -0.3 is 5.32 Å². The minimum absolute atomic E-state index is 0.0616. The molecule has 0 unspecified atom stereocenters. The summed E-state index contributed by atoms with van der Waals surface area (Å²) in [6.07, 6.45) is 0. The van der Waals surface area contributed by atoms with E-state index in [2.05, 4.69) is 17.2 Å². The van der Waals surface area contributed by atoms with Gasteiger partial charge >= 0.3 is 0 Å². The minimum atomic E-state index is -0.668. The summed E-state index contributed by atoms with van der Waals surface area (Å²) in [6, 6.07) is 11.2. The highest BCUT2D eigenvalue weighted by Crippen LogP contribution is 2.18. The Morgan fingerprint density at radius 1 is 1.10 bits per heavy atom. The summed E-state index contributed by atoms with van der Waals surface area (Å²) in [5.74, 6) is 4.30. The molecule has 0 saturated carbocycles. The highest BCUT2D eigenvalue weighted by atomic mass is 35.5. The average Bonchev–Trinajstić information content (AvgIpc) is 2.45. The van der Waals surface area contributed by atoms with Gasteiger partial charge in [-0.15, -0.1) is 0 Å². The lowest BCUT2D eigenvalue weighted by Crippen LogP contribution is -2.25. The maximum absolute atomic E-state index is 13.5. The Balaban J connectivity index is 2.02. The fourth-order valence-corrected chi connectivity index (χ4v) is 2.06. The van der Waals surface area contributed by atoms with E-state index in [0.29, 0.717) is 10.6 Å². The average molecular weight is 322 g/mol. The molecule has 0 radical (unpaired) electrons. The summed E-state index contributed by atoms with van der Waals surface area (Å²) in [4.78, 5) is 11.8. The fourth-order valence-electron chi connectivity index (χ4n) is 1.63. The quantitative estimate of drug-likeness (QED) is 0.835. The van der Waals surface area contributed by atoms with Gasteiger partial charge in [-0.25, -0.2) is 4.39 Å². The van der Waals surface area contributed by atoms with Crippen molar-refractivity contribution in [2.24, 2.45) is 0 Å². The van der Waals surface area contributed by atoms with Crippen molar-refractivity contribution >= 4 is 29.1 Å². The lowest BCUT2D eigenvalue weighted by molar-refractivity contribution is 0.0955. The molecule has 0 heterocycles. The Bertz CT molecular complexity index is 714. The summed E-state index contributed by atoms with van der Waals surface area (Å²) < 4.78 is 13.5. The largest absolute Gasteiger partial charge is 0.341 e. The first-order chi connectivity index (χ1) is 10.1. The number of benzene rings is 2. The van der Waals surface area contributed by atoms with Crippen molar-refractivity contribution in [2.75, 3.05) is 6.54 Å². The smallest absolute Gasteiger partial charge is 0.256 e. The second kappa shape index (κ2) is 7.12. The number of amides is 1. The van der Waals surface area contributed by atoms with Crippen LogP contribution >= 0.6 is 23.2 Å². The van der Waals surface area contributed by atoms with Crippen molar-refractivity contribution in [3.8, 4) is 11.8 Å². The summed E-state index contributed by atoms with van der Waals surface area (Å²) >= 11 is 11.7. The van der Waals surface area contributed by atoms with E-state index in [1.807, 2.05) is 6.07 Å². The van der Waals surface area contributed by atoms with Crippen molar-refractivity contribution in [1.82, 2.24) is 5.32 Å². The van der Waals surface area contributed by atoms with Gasteiger partial charge in [-0.05, 0) is 24.3 Å². The maximum Gasteiger partial charge on any atom is 0.256 e. The van der Waals surface area contributed by atoms with Gasteiger partial charge in [0.25, 0.3) is 5.91 Å². The van der Waals surface area contributed by atoms with Crippen LogP contribution in [0.2, 0.25) is 10.0 Å². The molecule has 0 aliphatic carbocycles. The number of halogens is 3. The minimum Gasteiger partial charge on any atom is -0.341 e. The number of hydrogen-bond donors (Lipinski definition) is 1. The Kier molecular flexibility index (Phi) is 5.21. The van der Waals surface area contributed by atoms with E-state index in [9.17, 15) is 9.18 Å². The molecule has 106 valence electrons. The lowest BCUT2D eigenvalue weighted by atomic mass is 10.2. The first-order valence-electron chi connectivity index (χ1n) is 6.05. The predicted molar refractivity (Wildman–Crippen MR) is 82.1 cm³/mol. The molecule has 0 aromatic heterocycles. The Labute approximate surface area is 131 Å². The van der Waals surface area contributed by atoms with Crippen LogP contribution in [0.5, 0.6) is 0 Å². The number of carbonyl (C=O) groups excluding carboxylic acids is 1. The van der Waals surface area contributed by atoms with Crippen LogP contribution in [0.15, 0.2) is 42.5 Å². The van der Waals surface area contributed by atoms with Crippen molar-refractivity contribution in [3.63, 3.8) is 0 Å². The third kappa shape index (κ3) is 3.98. The van der Waals surface area contributed by atoms with Crippen LogP contribution in [0.25, 0.3) is 0 Å². The molecule has 0 spiro atoms. The van der Waals surface area contributed by atoms with Gasteiger partial charge in [-0.2, -0.15) is 0 Å². The molecule has 2 rings (SSSR count). The highest BCUT2D eigenvalue weighted by molar-refractivity contribution is 6.33. The summed E-state index contributed by atoms with van der Waals surface area (Å²) in [5, 5.41) is 3.09. The second-order valence-electron chi connectivity index (χ2n) is 4.06. The Hall–Kier alpha value is -2.02. The Morgan fingerprint density at radius 3 is 2.52 bits per heavy atom. The van der Waals surface area contributed by atoms with E-state index in [1.54, 1.807) is 18.2 Å². The number of nitrogens with one attached hydrogen (secondary N) is 1. The predicted octanol–water partition coefficient (Wildman–Crippen LogP) is 3.91. The van der Waals surface area contributed by atoms with Crippen molar-refractivity contribution in [3.05, 3.63) is 69.5 Å². The molecule has 2 aromatic rings. The number of rotatable bonds is 2. The van der Waals surface area contributed by atoms with Crippen LogP contribution in [0.4, 0.5) is 4.39 Å². The molecular weight excluding hydrogens is 312 g/mol. The normalized spacial score (nSPS) is 9.67. The first kappa shape index (κ1) is 15.4. The van der Waals surface area contributed by atoms with Crippen LogP contribution in [0.3, 0.4) is 0 Å². The number of hydrogen-bond acceptors (Lipinski definition) is 1. The van der Waals surface area contributed by atoms with Gasteiger partial charge in [0.2, 0.25) is 0 Å². The zero-order valence-electron chi connectivity index (χ0n) is 10.8. The SMILES string of the molecule is O=C(NCC#Cc1ccccc1Cl)c1c(F)cccc1Cl. The van der Waals surface area contributed by atoms with E-state index in [4.69, 9.17) is 23.2 Å². The zero-order chi connectivity index (χ0) is 15.2. The summed E-state index contributed by atoms with van der Waals surface area (Å²) in [5.41, 5.74) is 0.482. The van der Waals surface area contributed by atoms with Gasteiger partial charge in [0.1, 0.15) is 5.82 Å². The molecule has 1 N–H and O–H groups in total. The first-order valence-corrected chi connectivity index (χ1v) is 6.81. The van der Waals surface area contributed by atoms with Gasteiger partial charge in [-0.3, -0.25) is 4.79 Å². The standard InChI is InChI=1S/C16H10Cl2FNO/c17-12-7-2-1-5-11(12)6-4-10-20-16(21)15-13(18)8-3-9-14(15)19/h1-3,5,7-9H,10H2,(H,20,21). The van der Waals surface area contributed by atoms with E-state index in [0.717, 1.165) is 0 Å². The van der Waals surface area contributed by atoms with E-state index >= 15 is 0 Å². The molecule has 5 heteroatoms. The van der Waals surface area contributed by atoms with Crippen molar-refractivity contribution in [1.29, 1.82) is 0 Å². The van der Waals surface area contributed by atoms with Crippen LogP contribution < -0.4 is 5.32 Å². The van der Waals surface area contributed by atoms with Crippen molar-refractivity contribution < 1.29 is 9.18 Å². The molecule has 0 fully saturated rings. The summed E-state index contributed by atoms with van der Waals surface area (Å²) in [6.45, 7) is 0.0642. The molecule has 0 aliphatic rings. The molecule has 0 bridgehead atoms. The van der Waals surface area contributed by atoms with Gasteiger partial charge in [0.05, 0.1) is 22.2 Å². The molecule has 2 nitrogen and oxygen atoms in total. The van der Waals surface area contributed by atoms with Crippen LogP contribution in [0, 0.1) is 17.7 Å². The maximum atomic E-state index is 13.5. The molecule has 2 aromatic carbocycles. The van der Waals surface area contributed by atoms with E-state index in [-0.39, 0.29) is 17.1 Å². The van der Waals surface area contributed by atoms with Gasteiger partial charge in [0.15, 0.2) is 0 Å². The molecule has 0 aliphatic heterocycles. The molecular formula is C16H10Cl2FNO. The zero-order valence-corrected chi connectivity index (χ0v) is 12.3.